The first-order valence-corrected chi connectivity index (χ1v) is 16.4. The van der Waals surface area contributed by atoms with E-state index in [9.17, 15) is 23.1 Å². The second-order valence-electron chi connectivity index (χ2n) is 12.0. The van der Waals surface area contributed by atoms with Gasteiger partial charge in [-0.15, -0.1) is 0 Å². The highest BCUT2D eigenvalue weighted by molar-refractivity contribution is 6.32. The Morgan fingerprint density at radius 3 is 2.30 bits per heavy atom. The smallest absolute Gasteiger partial charge is 0.417 e. The molecule has 0 spiro atoms. The molecule has 1 aliphatic rings. The highest BCUT2D eigenvalue weighted by Crippen LogP contribution is 2.37. The average molecular weight is 665 g/mol. The van der Waals surface area contributed by atoms with Gasteiger partial charge in [0.25, 0.3) is 0 Å². The molecule has 1 N–H and O–H groups in total. The number of benzene rings is 4. The number of alkyl halides is 3. The van der Waals surface area contributed by atoms with E-state index in [1.165, 1.54) is 6.07 Å². The number of aliphatic carboxylic acids is 1. The van der Waals surface area contributed by atoms with E-state index >= 15 is 0 Å². The SMILES string of the molecule is O=C(O)C1CCCN1CCc1cccc(OCCCN(Cc2cccc(C(F)(F)F)c2Cl)CC(c2ccccc2)c2ccccc2)c1. The summed E-state index contributed by atoms with van der Waals surface area (Å²) >= 11 is 6.35. The summed E-state index contributed by atoms with van der Waals surface area (Å²) in [6.45, 7) is 3.30. The number of rotatable bonds is 15. The number of halogens is 4. The molecule has 1 atom stereocenters. The Hall–Kier alpha value is -3.85. The highest BCUT2D eigenvalue weighted by atomic mass is 35.5. The Morgan fingerprint density at radius 1 is 0.957 bits per heavy atom. The number of likely N-dealkylation sites (tertiary alicyclic amines) is 1. The van der Waals surface area contributed by atoms with Gasteiger partial charge in [0.2, 0.25) is 0 Å². The van der Waals surface area contributed by atoms with Crippen molar-refractivity contribution in [3.05, 3.63) is 136 Å². The maximum atomic E-state index is 13.7. The molecule has 1 fully saturated rings. The molecule has 5 rings (SSSR count). The zero-order chi connectivity index (χ0) is 33.2. The van der Waals surface area contributed by atoms with Crippen LogP contribution >= 0.6 is 11.6 Å². The summed E-state index contributed by atoms with van der Waals surface area (Å²) in [6, 6.07) is 31.8. The third kappa shape index (κ3) is 9.60. The van der Waals surface area contributed by atoms with Crippen LogP contribution < -0.4 is 4.74 Å². The molecule has 1 heterocycles. The fourth-order valence-electron chi connectivity index (χ4n) is 6.34. The van der Waals surface area contributed by atoms with Crippen LogP contribution in [0.1, 0.15) is 53.0 Å². The fourth-order valence-corrected chi connectivity index (χ4v) is 6.64. The van der Waals surface area contributed by atoms with Gasteiger partial charge < -0.3 is 9.84 Å². The summed E-state index contributed by atoms with van der Waals surface area (Å²) in [5.74, 6) is -0.0312. The molecule has 5 nitrogen and oxygen atoms in total. The van der Waals surface area contributed by atoms with Gasteiger partial charge in [0.1, 0.15) is 11.8 Å². The molecule has 0 aromatic heterocycles. The van der Waals surface area contributed by atoms with Crippen molar-refractivity contribution in [1.29, 1.82) is 0 Å². The summed E-state index contributed by atoms with van der Waals surface area (Å²) in [7, 11) is 0. The molecule has 0 aliphatic carbocycles. The highest BCUT2D eigenvalue weighted by Gasteiger charge is 2.34. The van der Waals surface area contributed by atoms with E-state index in [1.54, 1.807) is 6.07 Å². The average Bonchev–Trinajstić information content (AvgIpc) is 3.55. The third-order valence-corrected chi connectivity index (χ3v) is 9.19. The van der Waals surface area contributed by atoms with Gasteiger partial charge >= 0.3 is 12.1 Å². The lowest BCUT2D eigenvalue weighted by Crippen LogP contribution is -2.37. The zero-order valence-corrected chi connectivity index (χ0v) is 27.0. The summed E-state index contributed by atoms with van der Waals surface area (Å²) in [4.78, 5) is 15.7. The van der Waals surface area contributed by atoms with E-state index in [2.05, 4.69) is 29.2 Å². The number of ether oxygens (including phenoxy) is 1. The van der Waals surface area contributed by atoms with Gasteiger partial charge in [-0.3, -0.25) is 14.6 Å². The molecule has 1 saturated heterocycles. The van der Waals surface area contributed by atoms with E-state index in [1.807, 2.05) is 65.6 Å². The van der Waals surface area contributed by atoms with Crippen molar-refractivity contribution in [3.8, 4) is 5.75 Å². The minimum atomic E-state index is -4.54. The van der Waals surface area contributed by atoms with Crippen LogP contribution in [0.3, 0.4) is 0 Å². The van der Waals surface area contributed by atoms with E-state index in [0.717, 1.165) is 47.9 Å². The monoisotopic (exact) mass is 664 g/mol. The predicted molar refractivity (Wildman–Crippen MR) is 179 cm³/mol. The lowest BCUT2D eigenvalue weighted by Gasteiger charge is -2.29. The number of carbonyl (C=O) groups is 1. The number of hydrogen-bond donors (Lipinski definition) is 1. The fraction of sp³-hybridized carbons (Fsp3) is 0.342. The van der Waals surface area contributed by atoms with Crippen LogP contribution in [-0.2, 0) is 23.9 Å². The van der Waals surface area contributed by atoms with Gasteiger partial charge in [-0.1, -0.05) is 96.5 Å². The first-order chi connectivity index (χ1) is 22.7. The zero-order valence-electron chi connectivity index (χ0n) is 26.2. The van der Waals surface area contributed by atoms with Crippen molar-refractivity contribution in [2.75, 3.05) is 32.8 Å². The van der Waals surface area contributed by atoms with Crippen LogP contribution in [0.4, 0.5) is 13.2 Å². The van der Waals surface area contributed by atoms with E-state index in [4.69, 9.17) is 16.3 Å². The molecule has 0 saturated carbocycles. The van der Waals surface area contributed by atoms with Gasteiger partial charge in [-0.2, -0.15) is 13.2 Å². The quantitative estimate of drug-likeness (QED) is 0.129. The normalized spacial score (nSPS) is 15.4. The molecule has 1 unspecified atom stereocenters. The molecule has 0 radical (unpaired) electrons. The first-order valence-electron chi connectivity index (χ1n) is 16.0. The van der Waals surface area contributed by atoms with Gasteiger partial charge in [0, 0.05) is 32.1 Å². The van der Waals surface area contributed by atoms with E-state index < -0.39 is 23.8 Å². The van der Waals surface area contributed by atoms with Crippen molar-refractivity contribution in [2.45, 2.75) is 50.4 Å². The van der Waals surface area contributed by atoms with Gasteiger partial charge in [0.15, 0.2) is 0 Å². The molecular weight excluding hydrogens is 625 g/mol. The minimum absolute atomic E-state index is 0.00379. The summed E-state index contributed by atoms with van der Waals surface area (Å²) in [6.07, 6.45) is -1.58. The molecular formula is C38H40ClF3N2O3. The Labute approximate surface area is 279 Å². The molecule has 9 heteroatoms. The summed E-state index contributed by atoms with van der Waals surface area (Å²) in [5, 5.41) is 9.21. The Balaban J connectivity index is 1.27. The lowest BCUT2D eigenvalue weighted by molar-refractivity contribution is -0.142. The van der Waals surface area contributed by atoms with E-state index in [-0.39, 0.29) is 17.5 Å². The van der Waals surface area contributed by atoms with Crippen molar-refractivity contribution >= 4 is 17.6 Å². The maximum Gasteiger partial charge on any atom is 0.417 e. The topological polar surface area (TPSA) is 53.0 Å². The van der Waals surface area contributed by atoms with Crippen LogP contribution in [0, 0.1) is 0 Å². The molecule has 0 bridgehead atoms. The van der Waals surface area contributed by atoms with Crippen molar-refractivity contribution in [1.82, 2.24) is 9.80 Å². The number of carboxylic acids is 1. The molecule has 0 amide bonds. The van der Waals surface area contributed by atoms with Crippen LogP contribution in [0.25, 0.3) is 0 Å². The van der Waals surface area contributed by atoms with Crippen molar-refractivity contribution in [2.24, 2.45) is 0 Å². The third-order valence-electron chi connectivity index (χ3n) is 8.74. The molecule has 4 aromatic rings. The van der Waals surface area contributed by atoms with Crippen LogP contribution in [0.15, 0.2) is 103 Å². The minimum Gasteiger partial charge on any atom is -0.494 e. The van der Waals surface area contributed by atoms with Gasteiger partial charge in [-0.25, -0.2) is 0 Å². The maximum absolute atomic E-state index is 13.7. The Bertz CT molecular complexity index is 1550. The van der Waals surface area contributed by atoms with Gasteiger partial charge in [0.05, 0.1) is 17.2 Å². The van der Waals surface area contributed by atoms with Crippen molar-refractivity contribution < 1.29 is 27.8 Å². The molecule has 47 heavy (non-hydrogen) atoms. The van der Waals surface area contributed by atoms with Crippen LogP contribution in [0.5, 0.6) is 5.75 Å². The number of hydrogen-bond acceptors (Lipinski definition) is 4. The Morgan fingerprint density at radius 2 is 1.64 bits per heavy atom. The van der Waals surface area contributed by atoms with Crippen LogP contribution in [-0.4, -0.2) is 59.7 Å². The second-order valence-corrected chi connectivity index (χ2v) is 12.4. The molecule has 4 aromatic carbocycles. The lowest BCUT2D eigenvalue weighted by atomic mass is 9.90. The van der Waals surface area contributed by atoms with Crippen molar-refractivity contribution in [3.63, 3.8) is 0 Å². The Kier molecular flexibility index (Phi) is 12.0. The molecule has 248 valence electrons. The molecule has 1 aliphatic heterocycles. The van der Waals surface area contributed by atoms with Crippen LogP contribution in [0.2, 0.25) is 5.02 Å². The second kappa shape index (κ2) is 16.3. The first kappa shape index (κ1) is 34.5. The van der Waals surface area contributed by atoms with Gasteiger partial charge in [-0.05, 0) is 72.7 Å². The summed E-state index contributed by atoms with van der Waals surface area (Å²) < 4.78 is 47.2. The van der Waals surface area contributed by atoms with E-state index in [0.29, 0.717) is 44.6 Å². The number of nitrogens with zero attached hydrogens (tertiary/aromatic N) is 2. The summed E-state index contributed by atoms with van der Waals surface area (Å²) in [5.41, 5.74) is 2.92. The predicted octanol–water partition coefficient (Wildman–Crippen LogP) is 8.55. The standard InChI is InChI=1S/C38H40ClF3N2O3/c39-36-31(16-8-18-34(36)38(40,41)42)26-43(27-33(29-12-3-1-4-13-29)30-14-5-2-6-15-30)21-10-24-47-32-17-7-11-28(25-32)20-23-44-22-9-19-35(44)37(45)46/h1-8,11-18,25,33,35H,9-10,19-24,26-27H2,(H,45,46). The number of carboxylic acid groups (broad SMARTS) is 1. The largest absolute Gasteiger partial charge is 0.494 e.